The maximum absolute atomic E-state index is 5.37. The molecule has 0 atom stereocenters. The van der Waals surface area contributed by atoms with Crippen LogP contribution in [0.2, 0.25) is 0 Å². The fourth-order valence-electron chi connectivity index (χ4n) is 9.27. The summed E-state index contributed by atoms with van der Waals surface area (Å²) in [6, 6.07) is 50.6. The van der Waals surface area contributed by atoms with E-state index in [1.165, 1.54) is 69.5 Å². The molecule has 3 heterocycles. The summed E-state index contributed by atoms with van der Waals surface area (Å²) in [7, 11) is 0. The van der Waals surface area contributed by atoms with Crippen molar-refractivity contribution >= 4 is 82.7 Å². The molecule has 0 aliphatic heterocycles. The van der Waals surface area contributed by atoms with E-state index < -0.39 is 0 Å². The molecular formula is C51H36N4S. The SMILES string of the molecule is C=Nc1nc(-c2cccc(-n3c4ccccc4c4c5c6ccccc6sc5c5ccccc5c43)c2)nc(-c2ccc3c(c2)C(C)(C)c2ccccc2-3)c1/C=C\C. The Bertz CT molecular complexity index is 3320. The molecular weight excluding hydrogens is 701 g/mol. The first-order valence-corrected chi connectivity index (χ1v) is 19.9. The highest BCUT2D eigenvalue weighted by Crippen LogP contribution is 2.51. The van der Waals surface area contributed by atoms with Crippen molar-refractivity contribution in [3.63, 3.8) is 0 Å². The second kappa shape index (κ2) is 12.2. The first-order valence-electron chi connectivity index (χ1n) is 19.1. The molecule has 0 bridgehead atoms. The molecule has 3 aromatic heterocycles. The van der Waals surface area contributed by atoms with E-state index in [1.54, 1.807) is 0 Å². The van der Waals surface area contributed by atoms with Crippen LogP contribution in [0, 0.1) is 0 Å². The van der Waals surface area contributed by atoms with Gasteiger partial charge in [0.25, 0.3) is 0 Å². The van der Waals surface area contributed by atoms with Gasteiger partial charge in [0.2, 0.25) is 0 Å². The predicted molar refractivity (Wildman–Crippen MR) is 239 cm³/mol. The minimum atomic E-state index is -0.139. The summed E-state index contributed by atoms with van der Waals surface area (Å²) in [4.78, 5) is 14.9. The van der Waals surface area contributed by atoms with E-state index in [-0.39, 0.29) is 5.41 Å². The van der Waals surface area contributed by atoms with Gasteiger partial charge in [0.15, 0.2) is 11.6 Å². The summed E-state index contributed by atoms with van der Waals surface area (Å²) >= 11 is 1.89. The van der Waals surface area contributed by atoms with Crippen molar-refractivity contribution in [1.82, 2.24) is 14.5 Å². The molecule has 266 valence electrons. The number of nitrogens with zero attached hydrogens (tertiary/aromatic N) is 4. The fraction of sp³-hybridized carbons (Fsp3) is 0.0784. The third-order valence-corrected chi connectivity index (χ3v) is 13.0. The van der Waals surface area contributed by atoms with E-state index in [0.717, 1.165) is 33.6 Å². The molecule has 7 aromatic carbocycles. The van der Waals surface area contributed by atoms with Crippen molar-refractivity contribution < 1.29 is 0 Å². The Balaban J connectivity index is 1.15. The Morgan fingerprint density at radius 2 is 1.39 bits per heavy atom. The van der Waals surface area contributed by atoms with Crippen molar-refractivity contribution in [3.8, 4) is 39.5 Å². The lowest BCUT2D eigenvalue weighted by molar-refractivity contribution is 0.660. The van der Waals surface area contributed by atoms with Gasteiger partial charge < -0.3 is 4.57 Å². The summed E-state index contributed by atoms with van der Waals surface area (Å²) in [5.74, 6) is 1.17. The summed E-state index contributed by atoms with van der Waals surface area (Å²) in [5.41, 5.74) is 12.1. The molecule has 0 N–H and O–H groups in total. The van der Waals surface area contributed by atoms with Gasteiger partial charge in [0, 0.05) is 69.5 Å². The molecule has 0 fully saturated rings. The first-order chi connectivity index (χ1) is 27.5. The third kappa shape index (κ3) is 4.55. The van der Waals surface area contributed by atoms with Gasteiger partial charge in [-0.25, -0.2) is 15.0 Å². The van der Waals surface area contributed by atoms with Gasteiger partial charge in [-0.3, -0.25) is 0 Å². The van der Waals surface area contributed by atoms with E-state index in [0.29, 0.717) is 11.6 Å². The van der Waals surface area contributed by atoms with Crippen molar-refractivity contribution in [3.05, 3.63) is 162 Å². The smallest absolute Gasteiger partial charge is 0.163 e. The number of thiophene rings is 1. The number of allylic oxidation sites excluding steroid dienone is 1. The van der Waals surface area contributed by atoms with Gasteiger partial charge in [-0.15, -0.1) is 11.3 Å². The average molecular weight is 737 g/mol. The predicted octanol–water partition coefficient (Wildman–Crippen LogP) is 14.1. The Kier molecular flexibility index (Phi) is 7.10. The summed E-state index contributed by atoms with van der Waals surface area (Å²) in [5, 5.41) is 7.64. The van der Waals surface area contributed by atoms with Gasteiger partial charge in [-0.2, -0.15) is 0 Å². The van der Waals surface area contributed by atoms with Crippen LogP contribution in [0.25, 0.3) is 98.3 Å². The molecule has 0 saturated carbocycles. The minimum absolute atomic E-state index is 0.139. The molecule has 0 saturated heterocycles. The van der Waals surface area contributed by atoms with Gasteiger partial charge in [0.1, 0.15) is 0 Å². The van der Waals surface area contributed by atoms with E-state index in [1.807, 2.05) is 30.4 Å². The standard InChI is InChI=1S/C51H36N4S/c1-5-15-39-46(30-26-27-34-33-18-8-11-23-40(33)51(2,3)41(34)29-30)53-49(54-50(39)52-4)31-16-14-17-32(28-31)55-42-24-12-9-21-37(42)44-45-38-22-10-13-25-43(38)56-48(45)36-20-7-6-19-35(36)47(44)55/h5-29H,4H2,1-3H3/b15-5-. The minimum Gasteiger partial charge on any atom is -0.309 e. The van der Waals surface area contributed by atoms with Crippen LogP contribution in [0.3, 0.4) is 0 Å². The number of hydrogen-bond acceptors (Lipinski definition) is 4. The van der Waals surface area contributed by atoms with Crippen LogP contribution in [-0.4, -0.2) is 21.3 Å². The molecule has 0 spiro atoms. The first kappa shape index (κ1) is 32.7. The zero-order chi connectivity index (χ0) is 37.7. The van der Waals surface area contributed by atoms with Gasteiger partial charge in [-0.05, 0) is 66.2 Å². The van der Waals surface area contributed by atoms with E-state index in [2.05, 4.69) is 170 Å². The highest BCUT2D eigenvalue weighted by Gasteiger charge is 2.35. The van der Waals surface area contributed by atoms with Crippen LogP contribution in [0.4, 0.5) is 5.82 Å². The quantitative estimate of drug-likeness (QED) is 0.165. The number of rotatable bonds is 5. The van der Waals surface area contributed by atoms with Crippen molar-refractivity contribution in [2.24, 2.45) is 4.99 Å². The fourth-order valence-corrected chi connectivity index (χ4v) is 10.5. The van der Waals surface area contributed by atoms with Crippen molar-refractivity contribution in [2.75, 3.05) is 0 Å². The molecule has 0 amide bonds. The molecule has 1 aliphatic rings. The highest BCUT2D eigenvalue weighted by atomic mass is 32.1. The maximum Gasteiger partial charge on any atom is 0.163 e. The zero-order valence-corrected chi connectivity index (χ0v) is 32.2. The topological polar surface area (TPSA) is 43.1 Å². The lowest BCUT2D eigenvalue weighted by Gasteiger charge is -2.22. The largest absolute Gasteiger partial charge is 0.309 e. The Labute approximate surface area is 328 Å². The highest BCUT2D eigenvalue weighted by molar-refractivity contribution is 7.27. The Hall–Kier alpha value is -6.69. The number of para-hydroxylation sites is 1. The summed E-state index contributed by atoms with van der Waals surface area (Å²) in [6.45, 7) is 10.6. The molecule has 4 nitrogen and oxygen atoms in total. The number of aromatic nitrogens is 3. The molecule has 56 heavy (non-hydrogen) atoms. The van der Waals surface area contributed by atoms with Gasteiger partial charge >= 0.3 is 0 Å². The van der Waals surface area contributed by atoms with Crippen LogP contribution in [0.5, 0.6) is 0 Å². The van der Waals surface area contributed by atoms with Crippen LogP contribution in [0.1, 0.15) is 37.5 Å². The monoisotopic (exact) mass is 736 g/mol. The summed E-state index contributed by atoms with van der Waals surface area (Å²) < 4.78 is 5.07. The number of hydrogen-bond donors (Lipinski definition) is 0. The zero-order valence-electron chi connectivity index (χ0n) is 31.3. The average Bonchev–Trinajstić information content (AvgIpc) is 3.87. The van der Waals surface area contributed by atoms with Crippen molar-refractivity contribution in [2.45, 2.75) is 26.2 Å². The lowest BCUT2D eigenvalue weighted by Crippen LogP contribution is -2.15. The molecule has 0 unspecified atom stereocenters. The Morgan fingerprint density at radius 1 is 0.661 bits per heavy atom. The molecule has 11 rings (SSSR count). The van der Waals surface area contributed by atoms with Crippen LogP contribution < -0.4 is 0 Å². The third-order valence-electron chi connectivity index (χ3n) is 11.8. The summed E-state index contributed by atoms with van der Waals surface area (Å²) in [6.07, 6.45) is 4.06. The van der Waals surface area contributed by atoms with Gasteiger partial charge in [0.05, 0.1) is 16.7 Å². The number of aliphatic imine (C=N–C) groups is 1. The maximum atomic E-state index is 5.37. The van der Waals surface area contributed by atoms with E-state index in [9.17, 15) is 0 Å². The molecule has 10 aromatic rings. The molecule has 5 heteroatoms. The molecule has 1 aliphatic carbocycles. The van der Waals surface area contributed by atoms with E-state index in [4.69, 9.17) is 9.97 Å². The van der Waals surface area contributed by atoms with Crippen LogP contribution in [0.15, 0.2) is 151 Å². The van der Waals surface area contributed by atoms with Crippen LogP contribution in [-0.2, 0) is 5.41 Å². The van der Waals surface area contributed by atoms with E-state index >= 15 is 0 Å². The van der Waals surface area contributed by atoms with Gasteiger partial charge in [-0.1, -0.05) is 135 Å². The van der Waals surface area contributed by atoms with Crippen LogP contribution >= 0.6 is 11.3 Å². The number of fused-ring (bicyclic) bond motifs is 13. The second-order valence-electron chi connectivity index (χ2n) is 15.2. The molecule has 0 radical (unpaired) electrons. The van der Waals surface area contributed by atoms with Crippen molar-refractivity contribution in [1.29, 1.82) is 0 Å². The second-order valence-corrected chi connectivity index (χ2v) is 16.2. The Morgan fingerprint density at radius 3 is 2.23 bits per heavy atom. The lowest BCUT2D eigenvalue weighted by atomic mass is 9.81. The number of benzene rings is 7. The normalized spacial score (nSPS) is 13.4.